The van der Waals surface area contributed by atoms with Gasteiger partial charge in [-0.05, 0) is 6.07 Å². The number of hydrogen-bond donors (Lipinski definition) is 1. The Hall–Kier alpha value is -2.12. The summed E-state index contributed by atoms with van der Waals surface area (Å²) in [4.78, 5) is 18.4. The maximum Gasteiger partial charge on any atom is 0.255 e. The highest BCUT2D eigenvalue weighted by Crippen LogP contribution is 2.21. The van der Waals surface area contributed by atoms with Gasteiger partial charge in [-0.1, -0.05) is 11.6 Å². The monoisotopic (exact) mass is 335 g/mol. The van der Waals surface area contributed by atoms with Crippen LogP contribution in [0.15, 0.2) is 24.7 Å². The Labute approximate surface area is 139 Å². The smallest absolute Gasteiger partial charge is 0.255 e. The molecule has 7 nitrogen and oxygen atoms in total. The van der Waals surface area contributed by atoms with E-state index >= 15 is 0 Å². The Morgan fingerprint density at radius 2 is 2.17 bits per heavy atom. The second kappa shape index (κ2) is 6.97. The summed E-state index contributed by atoms with van der Waals surface area (Å²) in [5, 5.41) is 7.67. The van der Waals surface area contributed by atoms with Gasteiger partial charge in [0.2, 0.25) is 0 Å². The average Bonchev–Trinajstić information content (AvgIpc) is 2.99. The minimum absolute atomic E-state index is 0.0680. The quantitative estimate of drug-likeness (QED) is 0.918. The van der Waals surface area contributed by atoms with Crippen LogP contribution in [0.3, 0.4) is 0 Å². The summed E-state index contributed by atoms with van der Waals surface area (Å²) in [6.07, 6.45) is 5.24. The number of nitrogens with zero attached hydrogens (tertiary/aromatic N) is 4. The first-order valence-electron chi connectivity index (χ1n) is 7.37. The van der Waals surface area contributed by atoms with E-state index in [4.69, 9.17) is 16.3 Å². The number of aromatic nitrogens is 3. The fourth-order valence-electron chi connectivity index (χ4n) is 2.38. The fourth-order valence-corrected chi connectivity index (χ4v) is 2.62. The van der Waals surface area contributed by atoms with Crippen molar-refractivity contribution in [1.82, 2.24) is 19.7 Å². The maximum atomic E-state index is 12.4. The van der Waals surface area contributed by atoms with Crippen LogP contribution in [0.25, 0.3) is 0 Å². The molecule has 0 saturated carbocycles. The van der Waals surface area contributed by atoms with Crippen LogP contribution in [0.1, 0.15) is 15.9 Å². The number of amides is 1. The molecule has 0 spiro atoms. The van der Waals surface area contributed by atoms with Crippen molar-refractivity contribution >= 4 is 23.3 Å². The van der Waals surface area contributed by atoms with Gasteiger partial charge < -0.3 is 15.0 Å². The van der Waals surface area contributed by atoms with Gasteiger partial charge in [-0.3, -0.25) is 9.48 Å². The van der Waals surface area contributed by atoms with E-state index in [1.54, 1.807) is 28.0 Å². The summed E-state index contributed by atoms with van der Waals surface area (Å²) in [6.45, 7) is 2.89. The number of nitrogens with one attached hydrogen (secondary N) is 1. The lowest BCUT2D eigenvalue weighted by atomic mass is 10.2. The van der Waals surface area contributed by atoms with Crippen molar-refractivity contribution < 1.29 is 9.53 Å². The molecule has 0 radical (unpaired) electrons. The molecule has 0 unspecified atom stereocenters. The molecule has 0 bridgehead atoms. The van der Waals surface area contributed by atoms with E-state index in [2.05, 4.69) is 15.4 Å². The molecule has 3 rings (SSSR count). The Morgan fingerprint density at radius 1 is 1.39 bits per heavy atom. The molecular weight excluding hydrogens is 318 g/mol. The summed E-state index contributed by atoms with van der Waals surface area (Å²) < 4.78 is 6.98. The third kappa shape index (κ3) is 3.80. The highest BCUT2D eigenvalue weighted by molar-refractivity contribution is 6.33. The molecule has 1 aliphatic heterocycles. The van der Waals surface area contributed by atoms with Crippen LogP contribution in [0.5, 0.6) is 0 Å². The fraction of sp³-hybridized carbons (Fsp3) is 0.400. The number of carbonyl (C=O) groups is 1. The second-order valence-electron chi connectivity index (χ2n) is 5.33. The van der Waals surface area contributed by atoms with Crippen LogP contribution in [-0.4, -0.2) is 51.9 Å². The van der Waals surface area contributed by atoms with Crippen LogP contribution in [-0.2, 0) is 18.3 Å². The number of anilines is 1. The van der Waals surface area contributed by atoms with Crippen molar-refractivity contribution in [1.29, 1.82) is 0 Å². The molecule has 1 amide bonds. The number of hydrogen-bond acceptors (Lipinski definition) is 5. The van der Waals surface area contributed by atoms with Crippen molar-refractivity contribution in [3.8, 4) is 0 Å². The first-order chi connectivity index (χ1) is 11.1. The van der Waals surface area contributed by atoms with Gasteiger partial charge in [0.05, 0.1) is 30.0 Å². The standard InChI is InChI=1S/C15H18ClN5O2/c1-20-10-11(8-19-20)7-17-14-13(16)6-12(9-18-14)15(22)21-2-4-23-5-3-21/h6,8-10H,2-5,7H2,1H3,(H,17,18). The number of pyridine rings is 1. The van der Waals surface area contributed by atoms with Gasteiger partial charge in [-0.25, -0.2) is 4.98 Å². The lowest BCUT2D eigenvalue weighted by Crippen LogP contribution is -2.40. The minimum Gasteiger partial charge on any atom is -0.378 e. The summed E-state index contributed by atoms with van der Waals surface area (Å²) in [7, 11) is 1.86. The topological polar surface area (TPSA) is 72.3 Å². The molecule has 3 heterocycles. The van der Waals surface area contributed by atoms with Crippen LogP contribution < -0.4 is 5.32 Å². The molecule has 2 aromatic rings. The Kier molecular flexibility index (Phi) is 4.78. The van der Waals surface area contributed by atoms with Gasteiger partial charge in [-0.2, -0.15) is 5.10 Å². The van der Waals surface area contributed by atoms with Crippen molar-refractivity contribution in [2.24, 2.45) is 7.05 Å². The van der Waals surface area contributed by atoms with Gasteiger partial charge >= 0.3 is 0 Å². The molecule has 0 aromatic carbocycles. The normalized spacial score (nSPS) is 14.8. The zero-order chi connectivity index (χ0) is 16.2. The molecule has 1 fully saturated rings. The molecule has 122 valence electrons. The van der Waals surface area contributed by atoms with Crippen molar-refractivity contribution in [3.63, 3.8) is 0 Å². The predicted molar refractivity (Wildman–Crippen MR) is 86.5 cm³/mol. The number of halogens is 1. The van der Waals surface area contributed by atoms with Gasteiger partial charge in [0.1, 0.15) is 5.82 Å². The van der Waals surface area contributed by atoms with E-state index in [-0.39, 0.29) is 5.91 Å². The van der Waals surface area contributed by atoms with E-state index < -0.39 is 0 Å². The summed E-state index contributed by atoms with van der Waals surface area (Å²) in [5.41, 5.74) is 1.52. The largest absolute Gasteiger partial charge is 0.378 e. The SMILES string of the molecule is Cn1cc(CNc2ncc(C(=O)N3CCOCC3)cc2Cl)cn1. The van der Waals surface area contributed by atoms with E-state index in [1.165, 1.54) is 0 Å². The molecule has 1 N–H and O–H groups in total. The van der Waals surface area contributed by atoms with E-state index in [9.17, 15) is 4.79 Å². The van der Waals surface area contributed by atoms with Gasteiger partial charge in [0.15, 0.2) is 0 Å². The lowest BCUT2D eigenvalue weighted by molar-refractivity contribution is 0.0302. The number of rotatable bonds is 4. The number of ether oxygens (including phenoxy) is 1. The highest BCUT2D eigenvalue weighted by Gasteiger charge is 2.19. The summed E-state index contributed by atoms with van der Waals surface area (Å²) >= 11 is 6.24. The number of carbonyl (C=O) groups excluding carboxylic acids is 1. The number of morpholine rings is 1. The van der Waals surface area contributed by atoms with Crippen LogP contribution >= 0.6 is 11.6 Å². The predicted octanol–water partition coefficient (Wildman–Crippen LogP) is 1.55. The molecule has 8 heteroatoms. The molecule has 1 aliphatic rings. The second-order valence-corrected chi connectivity index (χ2v) is 5.74. The Balaban J connectivity index is 1.66. The first-order valence-corrected chi connectivity index (χ1v) is 7.75. The van der Waals surface area contributed by atoms with Crippen molar-refractivity contribution in [2.45, 2.75) is 6.54 Å². The molecular formula is C15H18ClN5O2. The third-order valence-electron chi connectivity index (χ3n) is 3.60. The Morgan fingerprint density at radius 3 is 2.83 bits per heavy atom. The number of aryl methyl sites for hydroxylation is 1. The molecule has 1 saturated heterocycles. The van der Waals surface area contributed by atoms with Crippen LogP contribution in [0, 0.1) is 0 Å². The van der Waals surface area contributed by atoms with Crippen molar-refractivity contribution in [2.75, 3.05) is 31.6 Å². The molecule has 2 aromatic heterocycles. The van der Waals surface area contributed by atoms with Gasteiger partial charge in [-0.15, -0.1) is 0 Å². The van der Waals surface area contributed by atoms with Gasteiger partial charge in [0, 0.05) is 44.6 Å². The Bertz CT molecular complexity index is 697. The summed E-state index contributed by atoms with van der Waals surface area (Å²) in [5.74, 6) is 0.482. The van der Waals surface area contributed by atoms with E-state index in [0.29, 0.717) is 49.3 Å². The zero-order valence-electron chi connectivity index (χ0n) is 12.8. The van der Waals surface area contributed by atoms with Gasteiger partial charge in [0.25, 0.3) is 5.91 Å². The lowest BCUT2D eigenvalue weighted by Gasteiger charge is -2.26. The maximum absolute atomic E-state index is 12.4. The van der Waals surface area contributed by atoms with Crippen molar-refractivity contribution in [3.05, 3.63) is 40.8 Å². The molecule has 0 aliphatic carbocycles. The van der Waals surface area contributed by atoms with Crippen LogP contribution in [0.2, 0.25) is 5.02 Å². The first kappa shape index (κ1) is 15.8. The van der Waals surface area contributed by atoms with Crippen LogP contribution in [0.4, 0.5) is 5.82 Å². The highest BCUT2D eigenvalue weighted by atomic mass is 35.5. The van der Waals surface area contributed by atoms with E-state index in [1.807, 2.05) is 13.2 Å². The average molecular weight is 336 g/mol. The molecule has 0 atom stereocenters. The summed E-state index contributed by atoms with van der Waals surface area (Å²) in [6, 6.07) is 1.65. The van der Waals surface area contributed by atoms with E-state index in [0.717, 1.165) is 5.56 Å². The third-order valence-corrected chi connectivity index (χ3v) is 3.89. The molecule has 23 heavy (non-hydrogen) atoms. The zero-order valence-corrected chi connectivity index (χ0v) is 13.6. The minimum atomic E-state index is -0.0680.